The summed E-state index contributed by atoms with van der Waals surface area (Å²) in [7, 11) is 0. The third-order valence-electron chi connectivity index (χ3n) is 3.17. The second-order valence-corrected chi connectivity index (χ2v) is 4.91. The van der Waals surface area contributed by atoms with Crippen molar-refractivity contribution in [3.05, 3.63) is 65.5 Å². The van der Waals surface area contributed by atoms with Gasteiger partial charge in [0.05, 0.1) is 0 Å². The van der Waals surface area contributed by atoms with Gasteiger partial charge in [0, 0.05) is 30.8 Å². The van der Waals surface area contributed by atoms with Crippen LogP contribution >= 0.6 is 0 Å². The molecule has 21 heavy (non-hydrogen) atoms. The molecule has 0 aliphatic carbocycles. The van der Waals surface area contributed by atoms with Crippen molar-refractivity contribution in [2.24, 2.45) is 0 Å². The van der Waals surface area contributed by atoms with E-state index >= 15 is 0 Å². The molecule has 0 bridgehead atoms. The first-order valence-corrected chi connectivity index (χ1v) is 6.96. The fourth-order valence-corrected chi connectivity index (χ4v) is 1.92. The first-order valence-electron chi connectivity index (χ1n) is 6.96. The molecule has 0 fully saturated rings. The Hall–Kier alpha value is -2.36. The van der Waals surface area contributed by atoms with Gasteiger partial charge in [-0.1, -0.05) is 35.9 Å². The van der Waals surface area contributed by atoms with Crippen LogP contribution < -0.4 is 10.6 Å². The van der Waals surface area contributed by atoms with Crippen molar-refractivity contribution < 1.29 is 9.18 Å². The number of halogens is 1. The van der Waals surface area contributed by atoms with Gasteiger partial charge >= 0.3 is 0 Å². The molecular formula is C17H19FN2O. The van der Waals surface area contributed by atoms with E-state index in [-0.39, 0.29) is 18.3 Å². The van der Waals surface area contributed by atoms with E-state index in [2.05, 4.69) is 10.6 Å². The summed E-state index contributed by atoms with van der Waals surface area (Å²) in [5, 5.41) is 5.89. The highest BCUT2D eigenvalue weighted by atomic mass is 19.1. The van der Waals surface area contributed by atoms with Crippen LogP contribution in [-0.4, -0.2) is 12.5 Å². The summed E-state index contributed by atoms with van der Waals surface area (Å²) in [6.45, 7) is 2.79. The van der Waals surface area contributed by atoms with Crippen LogP contribution in [0.5, 0.6) is 0 Å². The van der Waals surface area contributed by atoms with Gasteiger partial charge in [0.2, 0.25) is 5.91 Å². The zero-order chi connectivity index (χ0) is 15.1. The smallest absolute Gasteiger partial charge is 0.222 e. The number of aryl methyl sites for hydroxylation is 1. The van der Waals surface area contributed by atoms with Crippen LogP contribution in [0.1, 0.15) is 17.5 Å². The minimum absolute atomic E-state index is 0.0992. The normalized spacial score (nSPS) is 10.2. The molecule has 0 aromatic heterocycles. The van der Waals surface area contributed by atoms with Gasteiger partial charge < -0.3 is 10.6 Å². The molecule has 4 heteroatoms. The maximum Gasteiger partial charge on any atom is 0.222 e. The number of hydrogen-bond donors (Lipinski definition) is 2. The molecular weight excluding hydrogens is 267 g/mol. The van der Waals surface area contributed by atoms with Gasteiger partial charge in [0.15, 0.2) is 0 Å². The van der Waals surface area contributed by atoms with E-state index in [0.29, 0.717) is 18.5 Å². The Morgan fingerprint density at radius 1 is 1.10 bits per heavy atom. The lowest BCUT2D eigenvalue weighted by Crippen LogP contribution is -2.25. The molecule has 3 nitrogen and oxygen atoms in total. The molecule has 0 saturated heterocycles. The summed E-state index contributed by atoms with van der Waals surface area (Å²) < 4.78 is 13.4. The van der Waals surface area contributed by atoms with E-state index in [1.165, 1.54) is 11.6 Å². The number of nitrogens with one attached hydrogen (secondary N) is 2. The van der Waals surface area contributed by atoms with Gasteiger partial charge in [-0.15, -0.1) is 0 Å². The second kappa shape index (κ2) is 7.43. The molecule has 0 unspecified atom stereocenters. The maximum atomic E-state index is 13.4. The highest BCUT2D eigenvalue weighted by molar-refractivity contribution is 5.76. The second-order valence-electron chi connectivity index (χ2n) is 4.91. The van der Waals surface area contributed by atoms with Crippen LogP contribution in [-0.2, 0) is 11.3 Å². The average Bonchev–Trinajstić information content (AvgIpc) is 2.48. The Morgan fingerprint density at radius 2 is 1.81 bits per heavy atom. The minimum Gasteiger partial charge on any atom is -0.385 e. The summed E-state index contributed by atoms with van der Waals surface area (Å²) in [5.41, 5.74) is 2.68. The Morgan fingerprint density at radius 3 is 2.52 bits per heavy atom. The van der Waals surface area contributed by atoms with Gasteiger partial charge in [-0.3, -0.25) is 4.79 Å². The minimum atomic E-state index is -0.296. The zero-order valence-corrected chi connectivity index (χ0v) is 12.0. The number of benzene rings is 2. The van der Waals surface area contributed by atoms with Crippen LogP contribution in [0.3, 0.4) is 0 Å². The van der Waals surface area contributed by atoms with Crippen LogP contribution in [0.2, 0.25) is 0 Å². The molecule has 2 N–H and O–H groups in total. The van der Waals surface area contributed by atoms with Crippen molar-refractivity contribution >= 4 is 11.6 Å². The Labute approximate surface area is 124 Å². The SMILES string of the molecule is Cc1ccc(NCCC(=O)NCc2ccccc2F)cc1. The number of hydrogen-bond acceptors (Lipinski definition) is 2. The highest BCUT2D eigenvalue weighted by Gasteiger charge is 2.04. The van der Waals surface area contributed by atoms with Gasteiger partial charge in [0.25, 0.3) is 0 Å². The van der Waals surface area contributed by atoms with E-state index < -0.39 is 0 Å². The van der Waals surface area contributed by atoms with Crippen molar-refractivity contribution in [2.45, 2.75) is 19.9 Å². The molecule has 0 aliphatic heterocycles. The van der Waals surface area contributed by atoms with Gasteiger partial charge in [-0.05, 0) is 25.1 Å². The molecule has 0 heterocycles. The zero-order valence-electron chi connectivity index (χ0n) is 12.0. The predicted molar refractivity (Wildman–Crippen MR) is 82.5 cm³/mol. The summed E-state index contributed by atoms with van der Waals surface area (Å²) in [4.78, 5) is 11.7. The molecule has 0 atom stereocenters. The molecule has 0 spiro atoms. The average molecular weight is 286 g/mol. The van der Waals surface area contributed by atoms with E-state index in [1.807, 2.05) is 31.2 Å². The van der Waals surface area contributed by atoms with Crippen molar-refractivity contribution in [3.63, 3.8) is 0 Å². The van der Waals surface area contributed by atoms with Crippen molar-refractivity contribution in [2.75, 3.05) is 11.9 Å². The molecule has 110 valence electrons. The topological polar surface area (TPSA) is 41.1 Å². The van der Waals surface area contributed by atoms with E-state index in [4.69, 9.17) is 0 Å². The van der Waals surface area contributed by atoms with E-state index in [0.717, 1.165) is 5.69 Å². The number of anilines is 1. The van der Waals surface area contributed by atoms with Crippen molar-refractivity contribution in [1.82, 2.24) is 5.32 Å². The molecule has 1 amide bonds. The number of amides is 1. The summed E-state index contributed by atoms with van der Waals surface area (Å²) in [6.07, 6.45) is 0.350. The molecule has 0 saturated carbocycles. The fraction of sp³-hybridized carbons (Fsp3) is 0.235. The first-order chi connectivity index (χ1) is 10.1. The van der Waals surface area contributed by atoms with Crippen LogP contribution in [0.25, 0.3) is 0 Å². The lowest BCUT2D eigenvalue weighted by molar-refractivity contribution is -0.121. The van der Waals surface area contributed by atoms with Crippen molar-refractivity contribution in [1.29, 1.82) is 0 Å². The molecule has 2 aromatic rings. The number of rotatable bonds is 6. The summed E-state index contributed by atoms with van der Waals surface area (Å²) in [5.74, 6) is -0.395. The van der Waals surface area contributed by atoms with Gasteiger partial charge in [0.1, 0.15) is 5.82 Å². The quantitative estimate of drug-likeness (QED) is 0.856. The first kappa shape index (κ1) is 15.0. The van der Waals surface area contributed by atoms with E-state index in [9.17, 15) is 9.18 Å². The largest absolute Gasteiger partial charge is 0.385 e. The Kier molecular flexibility index (Phi) is 5.32. The Balaban J connectivity index is 1.70. The van der Waals surface area contributed by atoms with Crippen LogP contribution in [0.15, 0.2) is 48.5 Å². The lowest BCUT2D eigenvalue weighted by Gasteiger charge is -2.08. The molecule has 0 aliphatic rings. The third-order valence-corrected chi connectivity index (χ3v) is 3.17. The summed E-state index contributed by atoms with van der Waals surface area (Å²) in [6, 6.07) is 14.4. The molecule has 0 radical (unpaired) electrons. The highest BCUT2D eigenvalue weighted by Crippen LogP contribution is 2.08. The lowest BCUT2D eigenvalue weighted by atomic mass is 10.2. The number of carbonyl (C=O) groups is 1. The number of carbonyl (C=O) groups excluding carboxylic acids is 1. The fourth-order valence-electron chi connectivity index (χ4n) is 1.92. The van der Waals surface area contributed by atoms with E-state index in [1.54, 1.807) is 18.2 Å². The van der Waals surface area contributed by atoms with Crippen LogP contribution in [0.4, 0.5) is 10.1 Å². The van der Waals surface area contributed by atoms with Crippen LogP contribution in [0, 0.1) is 12.7 Å². The van der Waals surface area contributed by atoms with Gasteiger partial charge in [-0.25, -0.2) is 4.39 Å². The standard InChI is InChI=1S/C17H19FN2O/c1-13-6-8-15(9-7-13)19-11-10-17(21)20-12-14-4-2-3-5-16(14)18/h2-9,19H,10-12H2,1H3,(H,20,21). The van der Waals surface area contributed by atoms with Crippen molar-refractivity contribution in [3.8, 4) is 0 Å². The third kappa shape index (κ3) is 4.91. The predicted octanol–water partition coefficient (Wildman–Crippen LogP) is 3.25. The summed E-state index contributed by atoms with van der Waals surface area (Å²) >= 11 is 0. The molecule has 2 aromatic carbocycles. The monoisotopic (exact) mass is 286 g/mol. The maximum absolute atomic E-state index is 13.4. The van der Waals surface area contributed by atoms with Gasteiger partial charge in [-0.2, -0.15) is 0 Å². The molecule has 2 rings (SSSR count). The Bertz CT molecular complexity index is 596.